The van der Waals surface area contributed by atoms with E-state index in [2.05, 4.69) is 4.90 Å². The van der Waals surface area contributed by atoms with Gasteiger partial charge in [0.1, 0.15) is 11.9 Å². The highest BCUT2D eigenvalue weighted by Crippen LogP contribution is 2.33. The SMILES string of the molecule is CN1[C@@H](CC(=O)c2ccccc2)CCC[C@H]1C[C@H](OS(=O)(=O)Cc1ccccc1)c1ccccc1.Cl. The number of ketones is 1. The molecule has 0 radical (unpaired) electrons. The molecule has 1 aliphatic heterocycles. The van der Waals surface area contributed by atoms with Crippen molar-refractivity contribution in [2.75, 3.05) is 7.05 Å². The largest absolute Gasteiger partial charge is 0.300 e. The van der Waals surface area contributed by atoms with Crippen molar-refractivity contribution in [3.8, 4) is 0 Å². The van der Waals surface area contributed by atoms with Crippen LogP contribution in [0, 0.1) is 0 Å². The third kappa shape index (κ3) is 7.74. The van der Waals surface area contributed by atoms with Gasteiger partial charge in [-0.3, -0.25) is 13.9 Å². The molecular weight excluding hydrogens is 494 g/mol. The Bertz CT molecular complexity index is 1190. The van der Waals surface area contributed by atoms with Crippen LogP contribution in [-0.4, -0.2) is 38.2 Å². The molecule has 3 aromatic rings. The van der Waals surface area contributed by atoms with Crippen LogP contribution in [0.4, 0.5) is 0 Å². The van der Waals surface area contributed by atoms with Crippen molar-refractivity contribution in [3.63, 3.8) is 0 Å². The summed E-state index contributed by atoms with van der Waals surface area (Å²) in [5.74, 6) is -0.0179. The second kappa shape index (κ2) is 13.2. The van der Waals surface area contributed by atoms with Gasteiger partial charge in [0.15, 0.2) is 5.78 Å². The summed E-state index contributed by atoms with van der Waals surface area (Å²) >= 11 is 0. The zero-order chi connectivity index (χ0) is 24.7. The number of benzene rings is 3. The smallest absolute Gasteiger partial charge is 0.272 e. The molecule has 0 aliphatic carbocycles. The minimum absolute atomic E-state index is 0. The molecule has 0 spiro atoms. The molecule has 7 heteroatoms. The van der Waals surface area contributed by atoms with Crippen molar-refractivity contribution in [3.05, 3.63) is 108 Å². The topological polar surface area (TPSA) is 63.7 Å². The number of halogens is 1. The molecule has 1 heterocycles. The Labute approximate surface area is 221 Å². The van der Waals surface area contributed by atoms with E-state index in [-0.39, 0.29) is 36.0 Å². The van der Waals surface area contributed by atoms with Gasteiger partial charge in [-0.15, -0.1) is 12.4 Å². The van der Waals surface area contributed by atoms with Gasteiger partial charge in [0, 0.05) is 24.1 Å². The Kier molecular flexibility index (Phi) is 10.3. The third-order valence-electron chi connectivity index (χ3n) is 6.85. The van der Waals surface area contributed by atoms with Crippen LogP contribution in [0.1, 0.15) is 59.7 Å². The molecule has 0 amide bonds. The van der Waals surface area contributed by atoms with Crippen LogP contribution in [-0.2, 0) is 20.1 Å². The number of piperidine rings is 1. The van der Waals surface area contributed by atoms with Gasteiger partial charge in [-0.25, -0.2) is 0 Å². The van der Waals surface area contributed by atoms with E-state index >= 15 is 0 Å². The molecule has 5 nitrogen and oxygen atoms in total. The summed E-state index contributed by atoms with van der Waals surface area (Å²) in [6, 6.07) is 28.3. The van der Waals surface area contributed by atoms with Gasteiger partial charge >= 0.3 is 0 Å². The van der Waals surface area contributed by atoms with Crippen molar-refractivity contribution in [2.45, 2.75) is 56.0 Å². The van der Waals surface area contributed by atoms with Gasteiger partial charge in [-0.1, -0.05) is 97.4 Å². The summed E-state index contributed by atoms with van der Waals surface area (Å²) in [5, 5.41) is 0. The predicted molar refractivity (Wildman–Crippen MR) is 146 cm³/mol. The van der Waals surface area contributed by atoms with E-state index in [1.807, 2.05) is 85.9 Å². The lowest BCUT2D eigenvalue weighted by Gasteiger charge is -2.40. The molecule has 4 rings (SSSR count). The highest BCUT2D eigenvalue weighted by atomic mass is 35.5. The summed E-state index contributed by atoms with van der Waals surface area (Å²) in [7, 11) is -1.74. The van der Waals surface area contributed by atoms with Gasteiger partial charge in [-0.05, 0) is 37.4 Å². The molecule has 1 fully saturated rings. The summed E-state index contributed by atoms with van der Waals surface area (Å²) in [5.41, 5.74) is 2.29. The van der Waals surface area contributed by atoms with Crippen LogP contribution in [0.2, 0.25) is 0 Å². The van der Waals surface area contributed by atoms with Gasteiger partial charge in [0.05, 0.1) is 0 Å². The van der Waals surface area contributed by atoms with Crippen molar-refractivity contribution in [2.24, 2.45) is 0 Å². The van der Waals surface area contributed by atoms with E-state index in [0.717, 1.165) is 30.4 Å². The average molecular weight is 528 g/mol. The molecule has 3 aromatic carbocycles. The first-order chi connectivity index (χ1) is 16.9. The zero-order valence-electron chi connectivity index (χ0n) is 20.5. The Morgan fingerprint density at radius 3 is 2.08 bits per heavy atom. The lowest BCUT2D eigenvalue weighted by molar-refractivity contribution is 0.0626. The van der Waals surface area contributed by atoms with E-state index in [1.165, 1.54) is 0 Å². The molecule has 36 heavy (non-hydrogen) atoms. The standard InChI is InChI=1S/C29H33NO4S.ClH/c1-30-26(20-28(31)24-14-7-3-8-15-24)18-11-19-27(30)21-29(25-16-9-4-10-17-25)34-35(32,33)22-23-12-5-2-6-13-23;/h2-10,12-17,26-27,29H,11,18-22H2,1H3;1H/t26-,27+,29+;/m1./s1. The van der Waals surface area contributed by atoms with Crippen molar-refractivity contribution >= 4 is 28.3 Å². The van der Waals surface area contributed by atoms with Crippen molar-refractivity contribution < 1.29 is 17.4 Å². The highest BCUT2D eigenvalue weighted by molar-refractivity contribution is 7.85. The van der Waals surface area contributed by atoms with E-state index in [4.69, 9.17) is 4.18 Å². The molecule has 0 aromatic heterocycles. The maximum absolute atomic E-state index is 13.0. The number of Topliss-reactive ketones (excluding diaryl/α,β-unsaturated/α-hetero) is 1. The molecular formula is C29H34ClNO4S. The summed E-state index contributed by atoms with van der Waals surface area (Å²) in [6.07, 6.45) is 3.32. The Balaban J connectivity index is 0.00000361. The Hall–Kier alpha value is -2.51. The van der Waals surface area contributed by atoms with Gasteiger partial charge in [0.25, 0.3) is 10.1 Å². The number of hydrogen-bond donors (Lipinski definition) is 0. The molecule has 192 valence electrons. The Morgan fingerprint density at radius 1 is 0.889 bits per heavy atom. The molecule has 3 atom stereocenters. The average Bonchev–Trinajstić information content (AvgIpc) is 2.87. The van der Waals surface area contributed by atoms with Crippen molar-refractivity contribution in [1.82, 2.24) is 4.90 Å². The normalized spacial score (nSPS) is 19.2. The fourth-order valence-corrected chi connectivity index (χ4v) is 6.13. The number of carbonyl (C=O) groups excluding carboxylic acids is 1. The molecule has 1 aliphatic rings. The van der Waals surface area contributed by atoms with E-state index in [9.17, 15) is 13.2 Å². The molecule has 0 bridgehead atoms. The van der Waals surface area contributed by atoms with Crippen LogP contribution in [0.25, 0.3) is 0 Å². The van der Waals surface area contributed by atoms with Gasteiger partial charge < -0.3 is 0 Å². The summed E-state index contributed by atoms with van der Waals surface area (Å²) in [4.78, 5) is 15.1. The highest BCUT2D eigenvalue weighted by Gasteiger charge is 2.33. The van der Waals surface area contributed by atoms with Crippen LogP contribution in [0.3, 0.4) is 0 Å². The maximum Gasteiger partial charge on any atom is 0.272 e. The van der Waals surface area contributed by atoms with E-state index in [1.54, 1.807) is 12.1 Å². The molecule has 1 saturated heterocycles. The third-order valence-corrected chi connectivity index (χ3v) is 8.06. The first-order valence-corrected chi connectivity index (χ1v) is 13.8. The molecule has 0 unspecified atom stereocenters. The minimum atomic E-state index is -3.79. The van der Waals surface area contributed by atoms with E-state index < -0.39 is 16.2 Å². The van der Waals surface area contributed by atoms with Crippen LogP contribution in [0.15, 0.2) is 91.0 Å². The second-order valence-corrected chi connectivity index (χ2v) is 10.9. The number of nitrogens with zero attached hydrogens (tertiary/aromatic N) is 1. The fourth-order valence-electron chi connectivity index (χ4n) is 4.92. The Morgan fingerprint density at radius 2 is 1.44 bits per heavy atom. The number of hydrogen-bond acceptors (Lipinski definition) is 5. The quantitative estimate of drug-likeness (QED) is 0.231. The predicted octanol–water partition coefficient (Wildman–Crippen LogP) is 6.21. The maximum atomic E-state index is 13.0. The van der Waals surface area contributed by atoms with Crippen LogP contribution in [0.5, 0.6) is 0 Å². The monoisotopic (exact) mass is 527 g/mol. The zero-order valence-corrected chi connectivity index (χ0v) is 22.2. The van der Waals surface area contributed by atoms with E-state index in [0.29, 0.717) is 18.4 Å². The van der Waals surface area contributed by atoms with Crippen molar-refractivity contribution in [1.29, 1.82) is 0 Å². The summed E-state index contributed by atoms with van der Waals surface area (Å²) in [6.45, 7) is 0. The van der Waals surface area contributed by atoms with Gasteiger partial charge in [-0.2, -0.15) is 8.42 Å². The number of rotatable bonds is 10. The lowest BCUT2D eigenvalue weighted by atomic mass is 9.88. The summed E-state index contributed by atoms with van der Waals surface area (Å²) < 4.78 is 31.8. The number of likely N-dealkylation sites (tertiary alicyclic amines) is 1. The number of carbonyl (C=O) groups is 1. The molecule has 0 N–H and O–H groups in total. The lowest BCUT2D eigenvalue weighted by Crippen LogP contribution is -2.45. The second-order valence-electron chi connectivity index (χ2n) is 9.32. The molecule has 0 saturated carbocycles. The van der Waals surface area contributed by atoms with Crippen LogP contribution < -0.4 is 0 Å². The van der Waals surface area contributed by atoms with Crippen LogP contribution >= 0.6 is 12.4 Å². The first kappa shape index (κ1) is 28.1. The first-order valence-electron chi connectivity index (χ1n) is 12.2. The van der Waals surface area contributed by atoms with Gasteiger partial charge in [0.2, 0.25) is 0 Å². The fraction of sp³-hybridized carbons (Fsp3) is 0.345. The minimum Gasteiger partial charge on any atom is -0.300 e.